The van der Waals surface area contributed by atoms with Crippen molar-refractivity contribution in [2.24, 2.45) is 17.8 Å². The van der Waals surface area contributed by atoms with E-state index in [-0.39, 0.29) is 35.3 Å². The average Bonchev–Trinajstić information content (AvgIpc) is 3.17. The largest absolute Gasteiger partial charge is 0.490 e. The van der Waals surface area contributed by atoms with Gasteiger partial charge in [-0.15, -0.1) is 0 Å². The zero-order chi connectivity index (χ0) is 33.4. The Labute approximate surface area is 284 Å². The number of carbonyl (C=O) groups is 1. The second-order valence-corrected chi connectivity index (χ2v) is 16.9. The number of carbonyl (C=O) groups excluding carboxylic acids is 1. The summed E-state index contributed by atoms with van der Waals surface area (Å²) in [5, 5.41) is 12.2. The lowest BCUT2D eigenvalue weighted by Gasteiger charge is -2.50. The van der Waals surface area contributed by atoms with Gasteiger partial charge >= 0.3 is 0 Å². The third-order valence-corrected chi connectivity index (χ3v) is 13.6. The number of aryl methyl sites for hydroxylation is 1. The van der Waals surface area contributed by atoms with Crippen LogP contribution in [-0.4, -0.2) is 76.9 Å². The third-order valence-electron chi connectivity index (χ3n) is 11.4. The number of sulfonamides is 1. The maximum absolute atomic E-state index is 13.5. The summed E-state index contributed by atoms with van der Waals surface area (Å²) in [6, 6.07) is 11.4. The van der Waals surface area contributed by atoms with Crippen molar-refractivity contribution in [2.45, 2.75) is 81.5 Å². The standard InChI is InChI=1S/C36H49ClN2O7S/c1-24-6-4-15-36(41,23-45-17-16-44-3)31-11-8-28(31)20-39-21-35(14-5-7-26-18-29(37)10-12-30(26)35)22-46-33-13-9-27(19-32(33)39)34(40)38-47(42,43)25(24)2/h9-10,12-13,18-19,24-25,28,31,41H,4-8,11,14-17,20-23H2,1-3H3,(H,38,40)/t24-,25+,28-,31+,35-,36+/m0/s1. The van der Waals surface area contributed by atoms with E-state index in [1.807, 2.05) is 13.0 Å². The summed E-state index contributed by atoms with van der Waals surface area (Å²) in [5.74, 6) is 0.0230. The number of hydrogen-bond donors (Lipinski definition) is 2. The number of methoxy groups -OCH3 is 1. The predicted octanol–water partition coefficient (Wildman–Crippen LogP) is 5.50. The van der Waals surface area contributed by atoms with Crippen LogP contribution in [0.1, 0.15) is 80.3 Å². The smallest absolute Gasteiger partial charge is 0.264 e. The first-order chi connectivity index (χ1) is 22.4. The van der Waals surface area contributed by atoms with E-state index >= 15 is 0 Å². The molecule has 0 saturated heterocycles. The molecule has 0 unspecified atom stereocenters. The number of rotatable bonds is 5. The van der Waals surface area contributed by atoms with Crippen molar-refractivity contribution in [3.63, 3.8) is 0 Å². The molecule has 0 aromatic heterocycles. The van der Waals surface area contributed by atoms with Crippen LogP contribution >= 0.6 is 11.6 Å². The molecule has 6 rings (SSSR count). The Kier molecular flexibility index (Phi) is 10.2. The van der Waals surface area contributed by atoms with Gasteiger partial charge in [-0.3, -0.25) is 4.79 Å². The number of nitrogens with one attached hydrogen (secondary N) is 1. The summed E-state index contributed by atoms with van der Waals surface area (Å²) in [7, 11) is -2.32. The van der Waals surface area contributed by atoms with Gasteiger partial charge in [-0.2, -0.15) is 0 Å². The molecule has 11 heteroatoms. The van der Waals surface area contributed by atoms with E-state index in [0.717, 1.165) is 42.8 Å². The molecule has 2 aliphatic carbocycles. The fourth-order valence-electron chi connectivity index (χ4n) is 8.34. The first kappa shape index (κ1) is 34.5. The Morgan fingerprint density at radius 2 is 1.91 bits per heavy atom. The van der Waals surface area contributed by atoms with Crippen molar-refractivity contribution in [1.82, 2.24) is 4.72 Å². The van der Waals surface area contributed by atoms with Crippen molar-refractivity contribution >= 4 is 33.2 Å². The maximum atomic E-state index is 13.5. The van der Waals surface area contributed by atoms with Gasteiger partial charge in [0.15, 0.2) is 0 Å². The number of hydrogen-bond acceptors (Lipinski definition) is 8. The number of aliphatic hydroxyl groups is 1. The van der Waals surface area contributed by atoms with Gasteiger partial charge in [0.2, 0.25) is 10.0 Å². The molecule has 4 aliphatic rings. The van der Waals surface area contributed by atoms with Crippen molar-refractivity contribution < 1.29 is 32.5 Å². The molecule has 258 valence electrons. The molecular weight excluding hydrogens is 640 g/mol. The van der Waals surface area contributed by atoms with Gasteiger partial charge < -0.3 is 24.2 Å². The van der Waals surface area contributed by atoms with Crippen molar-refractivity contribution in [1.29, 1.82) is 0 Å². The predicted molar refractivity (Wildman–Crippen MR) is 183 cm³/mol. The van der Waals surface area contributed by atoms with Gasteiger partial charge in [-0.1, -0.05) is 31.0 Å². The number of benzene rings is 2. The van der Waals surface area contributed by atoms with E-state index in [1.165, 1.54) is 11.1 Å². The average molecular weight is 689 g/mol. The molecule has 2 aromatic rings. The lowest BCUT2D eigenvalue weighted by molar-refractivity contribution is -0.135. The second kappa shape index (κ2) is 13.9. The monoisotopic (exact) mass is 688 g/mol. The minimum Gasteiger partial charge on any atom is -0.490 e. The maximum Gasteiger partial charge on any atom is 0.264 e. The molecule has 1 fully saturated rings. The highest BCUT2D eigenvalue weighted by Crippen LogP contribution is 2.49. The summed E-state index contributed by atoms with van der Waals surface area (Å²) in [4.78, 5) is 15.8. The van der Waals surface area contributed by atoms with Gasteiger partial charge in [0, 0.05) is 36.2 Å². The van der Waals surface area contributed by atoms with Crippen LogP contribution in [0.25, 0.3) is 0 Å². The molecule has 2 heterocycles. The van der Waals surface area contributed by atoms with Gasteiger partial charge in [-0.25, -0.2) is 13.1 Å². The van der Waals surface area contributed by atoms with E-state index in [4.69, 9.17) is 25.8 Å². The number of fused-ring (bicyclic) bond motifs is 4. The normalized spacial score (nSPS) is 32.3. The lowest BCUT2D eigenvalue weighted by atomic mass is 9.63. The molecule has 0 radical (unpaired) electrons. The Balaban J connectivity index is 1.40. The van der Waals surface area contributed by atoms with E-state index in [2.05, 4.69) is 21.8 Å². The first-order valence-corrected chi connectivity index (χ1v) is 19.0. The van der Waals surface area contributed by atoms with Crippen molar-refractivity contribution in [3.8, 4) is 5.75 Å². The second-order valence-electron chi connectivity index (χ2n) is 14.4. The van der Waals surface area contributed by atoms with E-state index < -0.39 is 26.8 Å². The van der Waals surface area contributed by atoms with Crippen LogP contribution in [0.2, 0.25) is 5.02 Å². The van der Waals surface area contributed by atoms with Gasteiger partial charge in [-0.05, 0) is 111 Å². The molecule has 2 aliphatic heterocycles. The highest BCUT2D eigenvalue weighted by Gasteiger charge is 2.49. The van der Waals surface area contributed by atoms with Crippen LogP contribution in [0.15, 0.2) is 36.4 Å². The molecule has 2 aromatic carbocycles. The van der Waals surface area contributed by atoms with Gasteiger partial charge in [0.1, 0.15) is 5.75 Å². The van der Waals surface area contributed by atoms with Crippen LogP contribution in [0.5, 0.6) is 5.75 Å². The van der Waals surface area contributed by atoms with Crippen LogP contribution in [-0.2, 0) is 31.3 Å². The number of anilines is 1. The molecule has 47 heavy (non-hydrogen) atoms. The number of nitrogens with zero attached hydrogens (tertiary/aromatic N) is 1. The van der Waals surface area contributed by atoms with E-state index in [1.54, 1.807) is 32.2 Å². The Morgan fingerprint density at radius 3 is 2.68 bits per heavy atom. The Bertz CT molecular complexity index is 1570. The summed E-state index contributed by atoms with van der Waals surface area (Å²) in [6.07, 6.45) is 6.53. The highest BCUT2D eigenvalue weighted by molar-refractivity contribution is 7.90. The summed E-state index contributed by atoms with van der Waals surface area (Å²) >= 11 is 6.43. The minimum absolute atomic E-state index is 0.0157. The molecule has 1 saturated carbocycles. The highest BCUT2D eigenvalue weighted by atomic mass is 35.5. The van der Waals surface area contributed by atoms with E-state index in [0.29, 0.717) is 57.9 Å². The zero-order valence-electron chi connectivity index (χ0n) is 27.8. The van der Waals surface area contributed by atoms with Crippen LogP contribution < -0.4 is 14.4 Å². The van der Waals surface area contributed by atoms with Crippen LogP contribution in [0.4, 0.5) is 5.69 Å². The summed E-state index contributed by atoms with van der Waals surface area (Å²) in [6.45, 7) is 6.40. The topological polar surface area (TPSA) is 114 Å². The van der Waals surface area contributed by atoms with E-state index in [9.17, 15) is 18.3 Å². The zero-order valence-corrected chi connectivity index (χ0v) is 29.4. The molecule has 1 amide bonds. The number of amides is 1. The molecular formula is C36H49ClN2O7S. The van der Waals surface area contributed by atoms with Crippen LogP contribution in [0.3, 0.4) is 0 Å². The molecule has 1 spiro atoms. The SMILES string of the molecule is COCCOC[C@]1(O)CCC[C@H](C)[C@@H](C)S(=O)(=O)NC(=O)c2ccc3c(c2)N(C[C@@H]2CC[C@H]21)C[C@@]1(CCCc2cc(Cl)ccc21)CO3. The van der Waals surface area contributed by atoms with Gasteiger partial charge in [0.05, 0.1) is 43.0 Å². The van der Waals surface area contributed by atoms with Crippen molar-refractivity contribution in [2.75, 3.05) is 51.5 Å². The summed E-state index contributed by atoms with van der Waals surface area (Å²) < 4.78 is 46.9. The number of ether oxygens (including phenoxy) is 3. The third kappa shape index (κ3) is 7.04. The molecule has 9 nitrogen and oxygen atoms in total. The lowest BCUT2D eigenvalue weighted by Crippen LogP contribution is -2.54. The first-order valence-electron chi connectivity index (χ1n) is 17.1. The van der Waals surface area contributed by atoms with Crippen molar-refractivity contribution in [3.05, 3.63) is 58.1 Å². The Morgan fingerprint density at radius 1 is 1.09 bits per heavy atom. The number of halogens is 1. The van der Waals surface area contributed by atoms with Crippen LogP contribution in [0, 0.1) is 17.8 Å². The molecule has 2 N–H and O–H groups in total. The molecule has 6 atom stereocenters. The fraction of sp³-hybridized carbons (Fsp3) is 0.639. The Hall–Kier alpha value is -2.37. The van der Waals surface area contributed by atoms with Gasteiger partial charge in [0.25, 0.3) is 5.91 Å². The molecule has 2 bridgehead atoms. The quantitative estimate of drug-likeness (QED) is 0.396. The minimum atomic E-state index is -3.95. The summed E-state index contributed by atoms with van der Waals surface area (Å²) in [5.41, 5.74) is 2.18. The fourth-order valence-corrected chi connectivity index (χ4v) is 9.85.